The highest BCUT2D eigenvalue weighted by Gasteiger charge is 2.18. The summed E-state index contributed by atoms with van der Waals surface area (Å²) in [5.74, 6) is 0.767. The standard InChI is InChI=1S/C10H17/c1-9-5-4-7-10(2,3)8-6-9/h4-5,9H,2,6-8H2,1,3H3. The largest absolute Gasteiger partial charge is 0.0877 e. The van der Waals surface area contributed by atoms with Crippen LogP contribution in [0.2, 0.25) is 0 Å². The number of hydrogen-bond donors (Lipinski definition) is 0. The van der Waals surface area contributed by atoms with Crippen LogP contribution in [0.5, 0.6) is 0 Å². The Kier molecular flexibility index (Phi) is 2.18. The van der Waals surface area contributed by atoms with Crippen LogP contribution in [0.4, 0.5) is 0 Å². The van der Waals surface area contributed by atoms with Crippen molar-refractivity contribution in [3.8, 4) is 0 Å². The van der Waals surface area contributed by atoms with E-state index in [4.69, 9.17) is 0 Å². The Labute approximate surface area is 64.3 Å². The van der Waals surface area contributed by atoms with Crippen molar-refractivity contribution in [3.05, 3.63) is 19.1 Å². The van der Waals surface area contributed by atoms with Gasteiger partial charge in [-0.3, -0.25) is 0 Å². The molecule has 0 aliphatic heterocycles. The van der Waals surface area contributed by atoms with Crippen LogP contribution in [0.1, 0.15) is 33.1 Å². The van der Waals surface area contributed by atoms with Gasteiger partial charge in [-0.2, -0.15) is 0 Å². The van der Waals surface area contributed by atoms with Crippen molar-refractivity contribution in [2.45, 2.75) is 33.1 Å². The Bertz CT molecular complexity index is 131. The summed E-state index contributed by atoms with van der Waals surface area (Å²) >= 11 is 0. The van der Waals surface area contributed by atoms with Gasteiger partial charge in [0.2, 0.25) is 0 Å². The van der Waals surface area contributed by atoms with Crippen molar-refractivity contribution in [1.29, 1.82) is 0 Å². The fraction of sp³-hybridized carbons (Fsp3) is 0.700. The van der Waals surface area contributed by atoms with Gasteiger partial charge in [0.1, 0.15) is 0 Å². The van der Waals surface area contributed by atoms with E-state index in [1.54, 1.807) is 0 Å². The monoisotopic (exact) mass is 137 g/mol. The summed E-state index contributed by atoms with van der Waals surface area (Å²) in [6.07, 6.45) is 8.32. The van der Waals surface area contributed by atoms with Crippen LogP contribution in [-0.2, 0) is 0 Å². The van der Waals surface area contributed by atoms with Gasteiger partial charge in [0.05, 0.1) is 0 Å². The molecule has 0 heteroatoms. The maximum atomic E-state index is 4.17. The fourth-order valence-corrected chi connectivity index (χ4v) is 1.36. The van der Waals surface area contributed by atoms with E-state index in [0.29, 0.717) is 5.41 Å². The Morgan fingerprint density at radius 1 is 1.60 bits per heavy atom. The topological polar surface area (TPSA) is 0 Å². The van der Waals surface area contributed by atoms with E-state index in [2.05, 4.69) is 32.9 Å². The van der Waals surface area contributed by atoms with Crippen LogP contribution in [-0.4, -0.2) is 0 Å². The molecule has 1 aliphatic carbocycles. The third-order valence-electron chi connectivity index (χ3n) is 2.28. The molecule has 0 amide bonds. The second kappa shape index (κ2) is 2.77. The van der Waals surface area contributed by atoms with Gasteiger partial charge in [-0.1, -0.05) is 26.0 Å². The lowest BCUT2D eigenvalue weighted by molar-refractivity contribution is 0.372. The van der Waals surface area contributed by atoms with Gasteiger partial charge >= 0.3 is 0 Å². The third kappa shape index (κ3) is 2.17. The van der Waals surface area contributed by atoms with E-state index >= 15 is 0 Å². The van der Waals surface area contributed by atoms with Crippen molar-refractivity contribution in [1.82, 2.24) is 0 Å². The Morgan fingerprint density at radius 3 is 3.00 bits per heavy atom. The molecule has 10 heavy (non-hydrogen) atoms. The van der Waals surface area contributed by atoms with Gasteiger partial charge in [-0.15, -0.1) is 0 Å². The molecule has 2 atom stereocenters. The van der Waals surface area contributed by atoms with E-state index in [1.807, 2.05) is 0 Å². The smallest absolute Gasteiger partial charge is 0.0262 e. The summed E-state index contributed by atoms with van der Waals surface area (Å²) in [6, 6.07) is 0. The first-order valence-corrected chi connectivity index (χ1v) is 4.12. The SMILES string of the molecule is [CH2]C1(C)CC=CC(C)CC1. The predicted octanol–water partition coefficient (Wildman–Crippen LogP) is 3.20. The molecule has 2 unspecified atom stereocenters. The first-order chi connectivity index (χ1) is 4.60. The van der Waals surface area contributed by atoms with Crippen LogP contribution in [0.15, 0.2) is 12.2 Å². The molecule has 0 spiro atoms. The minimum Gasteiger partial charge on any atom is -0.0877 e. The summed E-state index contributed by atoms with van der Waals surface area (Å²) in [6.45, 7) is 8.69. The summed E-state index contributed by atoms with van der Waals surface area (Å²) in [5.41, 5.74) is 0.307. The van der Waals surface area contributed by atoms with Gasteiger partial charge in [0, 0.05) is 0 Å². The average molecular weight is 137 g/mol. The zero-order chi connectivity index (χ0) is 7.61. The zero-order valence-corrected chi connectivity index (χ0v) is 7.06. The number of rotatable bonds is 0. The minimum absolute atomic E-state index is 0.307. The van der Waals surface area contributed by atoms with Crippen LogP contribution in [0.3, 0.4) is 0 Å². The van der Waals surface area contributed by atoms with E-state index in [1.165, 1.54) is 12.8 Å². The normalized spacial score (nSPS) is 31.7. The molecule has 1 aliphatic rings. The van der Waals surface area contributed by atoms with Crippen LogP contribution >= 0.6 is 0 Å². The molecule has 0 aromatic carbocycles. The average Bonchev–Trinajstić information content (AvgIpc) is 1.94. The highest BCUT2D eigenvalue weighted by atomic mass is 14.2. The van der Waals surface area contributed by atoms with E-state index < -0.39 is 0 Å². The molecule has 0 aromatic heterocycles. The van der Waals surface area contributed by atoms with Crippen molar-refractivity contribution in [2.24, 2.45) is 11.3 Å². The van der Waals surface area contributed by atoms with Gasteiger partial charge in [-0.05, 0) is 37.5 Å². The van der Waals surface area contributed by atoms with Crippen LogP contribution in [0, 0.1) is 18.3 Å². The van der Waals surface area contributed by atoms with Crippen LogP contribution < -0.4 is 0 Å². The van der Waals surface area contributed by atoms with Crippen molar-refractivity contribution in [3.63, 3.8) is 0 Å². The van der Waals surface area contributed by atoms with Gasteiger partial charge in [0.25, 0.3) is 0 Å². The first-order valence-electron chi connectivity index (χ1n) is 4.12. The second-order valence-corrected chi connectivity index (χ2v) is 3.96. The van der Waals surface area contributed by atoms with Gasteiger partial charge < -0.3 is 0 Å². The molecule has 0 saturated carbocycles. The van der Waals surface area contributed by atoms with Gasteiger partial charge in [0.15, 0.2) is 0 Å². The van der Waals surface area contributed by atoms with Crippen LogP contribution in [0.25, 0.3) is 0 Å². The van der Waals surface area contributed by atoms with Crippen molar-refractivity contribution < 1.29 is 0 Å². The lowest BCUT2D eigenvalue weighted by Crippen LogP contribution is -2.09. The van der Waals surface area contributed by atoms with Gasteiger partial charge in [-0.25, -0.2) is 0 Å². The molecule has 1 radical (unpaired) electrons. The third-order valence-corrected chi connectivity index (χ3v) is 2.28. The summed E-state index contributed by atoms with van der Waals surface area (Å²) in [4.78, 5) is 0. The molecular weight excluding hydrogens is 120 g/mol. The maximum Gasteiger partial charge on any atom is -0.0262 e. The lowest BCUT2D eigenvalue weighted by Gasteiger charge is -2.20. The minimum atomic E-state index is 0.307. The molecule has 1 rings (SSSR count). The Hall–Kier alpha value is -0.260. The Balaban J connectivity index is 2.53. The van der Waals surface area contributed by atoms with E-state index in [0.717, 1.165) is 12.3 Å². The molecule has 0 N–H and O–H groups in total. The first kappa shape index (κ1) is 7.84. The number of allylic oxidation sites excluding steroid dienone is 2. The summed E-state index contributed by atoms with van der Waals surface area (Å²) in [5, 5.41) is 0. The zero-order valence-electron chi connectivity index (χ0n) is 7.06. The quantitative estimate of drug-likeness (QED) is 0.450. The fourth-order valence-electron chi connectivity index (χ4n) is 1.36. The maximum absolute atomic E-state index is 4.17. The van der Waals surface area contributed by atoms with Crippen molar-refractivity contribution in [2.75, 3.05) is 0 Å². The summed E-state index contributed by atoms with van der Waals surface area (Å²) in [7, 11) is 0. The lowest BCUT2D eigenvalue weighted by atomic mass is 9.85. The summed E-state index contributed by atoms with van der Waals surface area (Å²) < 4.78 is 0. The highest BCUT2D eigenvalue weighted by Crippen LogP contribution is 2.31. The van der Waals surface area contributed by atoms with E-state index in [9.17, 15) is 0 Å². The Morgan fingerprint density at radius 2 is 2.30 bits per heavy atom. The molecule has 0 aromatic rings. The second-order valence-electron chi connectivity index (χ2n) is 3.96. The predicted molar refractivity (Wildman–Crippen MR) is 45.6 cm³/mol. The number of hydrogen-bond acceptors (Lipinski definition) is 0. The molecule has 0 heterocycles. The molecule has 0 saturated heterocycles. The molecule has 0 fully saturated rings. The highest BCUT2D eigenvalue weighted by molar-refractivity contribution is 4.96. The molecule has 0 nitrogen and oxygen atoms in total. The van der Waals surface area contributed by atoms with Crippen molar-refractivity contribution >= 4 is 0 Å². The van der Waals surface area contributed by atoms with E-state index in [-0.39, 0.29) is 0 Å². The molecule has 57 valence electrons. The molecule has 0 bridgehead atoms. The molecular formula is C10H17.